The summed E-state index contributed by atoms with van der Waals surface area (Å²) in [5, 5.41) is 33.0. The number of phenols is 1. The van der Waals surface area contributed by atoms with Gasteiger partial charge in [-0.25, -0.2) is 0 Å². The third-order valence-corrected chi connectivity index (χ3v) is 7.01. The molecule has 5 unspecified atom stereocenters. The number of aldehydes is 1. The van der Waals surface area contributed by atoms with Crippen LogP contribution in [0.3, 0.4) is 0 Å². The number of phenolic OH excluding ortho intramolecular Hbond substituents is 1. The highest BCUT2D eigenvalue weighted by Crippen LogP contribution is 2.51. The maximum Gasteiger partial charge on any atom is 0.189 e. The predicted octanol–water partition coefficient (Wildman–Crippen LogP) is 4.05. The van der Waals surface area contributed by atoms with Gasteiger partial charge in [-0.3, -0.25) is 4.79 Å². The second kappa shape index (κ2) is 8.78. The molecule has 7 heteroatoms. The molecule has 3 N–H and O–H groups in total. The molecule has 1 aromatic heterocycles. The minimum absolute atomic E-state index is 0.0349. The van der Waals surface area contributed by atoms with Gasteiger partial charge in [-0.2, -0.15) is 0 Å². The first-order chi connectivity index (χ1) is 15.3. The van der Waals surface area contributed by atoms with Gasteiger partial charge in [-0.15, -0.1) is 0 Å². The fourth-order valence-corrected chi connectivity index (χ4v) is 5.39. The van der Waals surface area contributed by atoms with Crippen LogP contribution in [0.15, 0.2) is 16.7 Å². The first-order valence-corrected chi connectivity index (χ1v) is 11.7. The van der Waals surface area contributed by atoms with E-state index in [1.165, 1.54) is 0 Å². The highest BCUT2D eigenvalue weighted by molar-refractivity contribution is 6.00. The lowest BCUT2D eigenvalue weighted by atomic mass is 9.80. The summed E-state index contributed by atoms with van der Waals surface area (Å²) in [7, 11) is 0. The fraction of sp³-hybridized carbons (Fsp3) is 0.640. The number of epoxide rings is 1. The quantitative estimate of drug-likeness (QED) is 0.414. The van der Waals surface area contributed by atoms with Crippen LogP contribution >= 0.6 is 0 Å². The van der Waals surface area contributed by atoms with Crippen LogP contribution in [0.2, 0.25) is 0 Å². The Morgan fingerprint density at radius 2 is 2.03 bits per heavy atom. The van der Waals surface area contributed by atoms with Gasteiger partial charge in [0, 0.05) is 23.3 Å². The Labute approximate surface area is 188 Å². The molecule has 0 saturated carbocycles. The first kappa shape index (κ1) is 23.2. The summed E-state index contributed by atoms with van der Waals surface area (Å²) in [6.07, 6.45) is 2.85. The standard InChI is InChI=1S/C25H34O7/c1-5-7-15(19-10-20(27)25(24(29)31-19)21(6-2)32-25)18-12-30-23-16(18)9-14(8-13(3)4)22(28)17(23)11-26/h9,11-13,15,19-21,24,27-29H,5-8,10H2,1-4H3/t15?,19?,20-,21?,24?,25?/m1/s1. The molecule has 6 atom stereocenters. The van der Waals surface area contributed by atoms with Crippen molar-refractivity contribution in [3.8, 4) is 5.75 Å². The molecule has 2 fully saturated rings. The van der Waals surface area contributed by atoms with Crippen molar-refractivity contribution in [1.82, 2.24) is 0 Å². The molecule has 0 amide bonds. The van der Waals surface area contributed by atoms with Gasteiger partial charge >= 0.3 is 0 Å². The molecule has 2 aromatic rings. The van der Waals surface area contributed by atoms with Gasteiger partial charge in [-0.05, 0) is 36.8 Å². The molecule has 2 aliphatic rings. The van der Waals surface area contributed by atoms with Gasteiger partial charge in [0.1, 0.15) is 11.3 Å². The number of hydrogen-bond donors (Lipinski definition) is 3. The number of fused-ring (bicyclic) bond motifs is 1. The van der Waals surface area contributed by atoms with Gasteiger partial charge in [0.05, 0.1) is 30.1 Å². The Hall–Kier alpha value is -1.93. The van der Waals surface area contributed by atoms with Crippen molar-refractivity contribution in [3.05, 3.63) is 29.0 Å². The minimum atomic E-state index is -1.20. The summed E-state index contributed by atoms with van der Waals surface area (Å²) in [5.41, 5.74) is 1.04. The van der Waals surface area contributed by atoms with Crippen molar-refractivity contribution in [2.24, 2.45) is 5.92 Å². The topological polar surface area (TPSA) is 113 Å². The van der Waals surface area contributed by atoms with Gasteiger partial charge in [0.2, 0.25) is 0 Å². The summed E-state index contributed by atoms with van der Waals surface area (Å²) in [6, 6.07) is 1.90. The molecule has 1 spiro atoms. The van der Waals surface area contributed by atoms with Crippen LogP contribution < -0.4 is 0 Å². The Kier molecular flexibility index (Phi) is 6.38. The molecule has 176 valence electrons. The second-order valence-corrected chi connectivity index (χ2v) is 9.62. The van der Waals surface area contributed by atoms with E-state index in [2.05, 4.69) is 20.8 Å². The SMILES string of the molecule is CCCC(c1coc2c(C=O)c(O)c(CC(C)C)cc12)C1C[C@@H](O)C2(OC2CC)C(O)O1. The number of aromatic hydroxyl groups is 1. The van der Waals surface area contributed by atoms with Gasteiger partial charge in [-0.1, -0.05) is 34.1 Å². The molecular formula is C25H34O7. The third kappa shape index (κ3) is 3.65. The molecule has 7 nitrogen and oxygen atoms in total. The predicted molar refractivity (Wildman–Crippen MR) is 119 cm³/mol. The lowest BCUT2D eigenvalue weighted by Crippen LogP contribution is -2.53. The molecule has 0 aliphatic carbocycles. The summed E-state index contributed by atoms with van der Waals surface area (Å²) in [5.74, 6) is 0.109. The molecule has 4 rings (SSSR count). The maximum absolute atomic E-state index is 11.8. The van der Waals surface area contributed by atoms with Crippen molar-refractivity contribution in [1.29, 1.82) is 0 Å². The van der Waals surface area contributed by atoms with E-state index >= 15 is 0 Å². The van der Waals surface area contributed by atoms with Crippen molar-refractivity contribution in [2.45, 2.75) is 95.9 Å². The number of benzene rings is 1. The zero-order chi connectivity index (χ0) is 23.2. The van der Waals surface area contributed by atoms with Crippen molar-refractivity contribution < 1.29 is 34.0 Å². The number of furan rings is 1. The molecular weight excluding hydrogens is 412 g/mol. The van der Waals surface area contributed by atoms with Crippen LogP contribution in [-0.4, -0.2) is 51.8 Å². The minimum Gasteiger partial charge on any atom is -0.507 e. The Bertz CT molecular complexity index is 966. The van der Waals surface area contributed by atoms with Crippen LogP contribution in [0.5, 0.6) is 5.75 Å². The van der Waals surface area contributed by atoms with Crippen molar-refractivity contribution in [3.63, 3.8) is 0 Å². The lowest BCUT2D eigenvalue weighted by Gasteiger charge is -2.39. The van der Waals surface area contributed by atoms with E-state index in [-0.39, 0.29) is 23.3 Å². The average Bonchev–Trinajstić information content (AvgIpc) is 3.36. The van der Waals surface area contributed by atoms with Crippen molar-refractivity contribution >= 4 is 17.3 Å². The number of aliphatic hydroxyl groups excluding tert-OH is 2. The lowest BCUT2D eigenvalue weighted by molar-refractivity contribution is -0.236. The van der Waals surface area contributed by atoms with E-state index in [1.54, 1.807) is 6.26 Å². The molecule has 2 aliphatic heterocycles. The fourth-order valence-electron chi connectivity index (χ4n) is 5.39. The zero-order valence-electron chi connectivity index (χ0n) is 19.2. The zero-order valence-corrected chi connectivity index (χ0v) is 19.2. The molecule has 2 saturated heterocycles. The van der Waals surface area contributed by atoms with E-state index in [0.29, 0.717) is 42.6 Å². The first-order valence-electron chi connectivity index (χ1n) is 11.7. The molecule has 3 heterocycles. The number of ether oxygens (including phenoxy) is 2. The van der Waals surface area contributed by atoms with Gasteiger partial charge < -0.3 is 29.2 Å². The van der Waals surface area contributed by atoms with Crippen LogP contribution in [0.25, 0.3) is 11.0 Å². The highest BCUT2D eigenvalue weighted by Gasteiger charge is 2.68. The highest BCUT2D eigenvalue weighted by atomic mass is 16.7. The summed E-state index contributed by atoms with van der Waals surface area (Å²) in [6.45, 7) is 8.13. The number of aliphatic hydroxyl groups is 2. The van der Waals surface area contributed by atoms with Gasteiger partial charge in [0.15, 0.2) is 18.2 Å². The van der Waals surface area contributed by atoms with Crippen LogP contribution in [0, 0.1) is 5.92 Å². The van der Waals surface area contributed by atoms with Crippen LogP contribution in [0.4, 0.5) is 0 Å². The number of carbonyl (C=O) groups is 1. The van der Waals surface area contributed by atoms with E-state index in [4.69, 9.17) is 13.9 Å². The number of rotatable bonds is 8. The Morgan fingerprint density at radius 1 is 1.28 bits per heavy atom. The third-order valence-electron chi connectivity index (χ3n) is 7.01. The summed E-state index contributed by atoms with van der Waals surface area (Å²) in [4.78, 5) is 11.8. The van der Waals surface area contributed by atoms with Crippen molar-refractivity contribution in [2.75, 3.05) is 0 Å². The van der Waals surface area contributed by atoms with E-state index in [1.807, 2.05) is 13.0 Å². The largest absolute Gasteiger partial charge is 0.507 e. The molecule has 1 aromatic carbocycles. The van der Waals surface area contributed by atoms with Gasteiger partial charge in [0.25, 0.3) is 0 Å². The second-order valence-electron chi connectivity index (χ2n) is 9.62. The normalized spacial score (nSPS) is 30.8. The smallest absolute Gasteiger partial charge is 0.189 e. The Balaban J connectivity index is 1.73. The van der Waals surface area contributed by atoms with Crippen LogP contribution in [0.1, 0.15) is 80.8 Å². The van der Waals surface area contributed by atoms with Crippen LogP contribution in [-0.2, 0) is 15.9 Å². The van der Waals surface area contributed by atoms with E-state index < -0.39 is 24.1 Å². The Morgan fingerprint density at radius 3 is 2.59 bits per heavy atom. The summed E-state index contributed by atoms with van der Waals surface area (Å²) >= 11 is 0. The average molecular weight is 447 g/mol. The molecule has 0 bridgehead atoms. The molecule has 0 radical (unpaired) electrons. The maximum atomic E-state index is 11.8. The molecule has 32 heavy (non-hydrogen) atoms. The monoisotopic (exact) mass is 446 g/mol. The number of hydrogen-bond acceptors (Lipinski definition) is 7. The van der Waals surface area contributed by atoms with E-state index in [0.717, 1.165) is 23.8 Å². The number of carbonyl (C=O) groups excluding carboxylic acids is 1. The van der Waals surface area contributed by atoms with E-state index in [9.17, 15) is 20.1 Å². The summed E-state index contributed by atoms with van der Waals surface area (Å²) < 4.78 is 17.5.